The van der Waals surface area contributed by atoms with Gasteiger partial charge < -0.3 is 24.3 Å². The molecule has 2 heterocycles. The Kier molecular flexibility index (Phi) is 13.8. The maximum absolute atomic E-state index is 12.6. The Morgan fingerprint density at radius 3 is 1.50 bits per heavy atom. The second-order valence-electron chi connectivity index (χ2n) is 10.1. The lowest BCUT2D eigenvalue weighted by Gasteiger charge is -2.13. The van der Waals surface area contributed by atoms with Gasteiger partial charge in [-0.25, -0.2) is 0 Å². The van der Waals surface area contributed by atoms with Gasteiger partial charge in [0.25, 0.3) is 0 Å². The molecule has 0 amide bonds. The maximum Gasteiger partial charge on any atom is 0.534 e. The summed E-state index contributed by atoms with van der Waals surface area (Å²) in [6, 6.07) is 23.4. The standard InChI is InChI=1S/C17H9F6NO6S2.C15H11NO2.C2H6.CH5N/c18-16(19,20)31(25,26)29-11-5-3-10(4-6-11)12-7-8-14(15-13(12)2-1-9-24-15)30-32(27,28)17(21,22)23;17-11-5-3-10(4-6-11)12-7-8-14(18)15-13(12)2-1-9-16-15;2*1-2/h1-9H;1-9,17-18H;1-2H3;2H2,1H3. The van der Waals surface area contributed by atoms with Gasteiger partial charge in [0.05, 0.1) is 0 Å². The first-order chi connectivity index (χ1) is 25.4. The molecule has 0 aliphatic carbocycles. The molecule has 54 heavy (non-hydrogen) atoms. The van der Waals surface area contributed by atoms with Gasteiger partial charge in [-0.1, -0.05) is 50.2 Å². The SMILES string of the molecule is CC.CN.O=S(=O)(Oc1ccc(-c2ccc(OS(=O)(=O)C(F)(F)F)c3ncccc23)cc1)C(F)(F)F.Oc1ccc(-c2ccc(O)c3ncccc23)cc1. The average molecular weight is 800 g/mol. The number of benzene rings is 4. The largest absolute Gasteiger partial charge is 0.534 e. The molecule has 0 bridgehead atoms. The predicted molar refractivity (Wildman–Crippen MR) is 190 cm³/mol. The second kappa shape index (κ2) is 17.4. The second-order valence-corrected chi connectivity index (χ2v) is 13.2. The number of aromatic nitrogens is 2. The van der Waals surface area contributed by atoms with Crippen LogP contribution >= 0.6 is 0 Å². The van der Waals surface area contributed by atoms with E-state index in [-0.39, 0.29) is 33.5 Å². The minimum absolute atomic E-state index is 0.152. The number of phenolic OH excluding ortho intramolecular Hbond substituents is 2. The van der Waals surface area contributed by atoms with E-state index in [1.165, 1.54) is 43.6 Å². The van der Waals surface area contributed by atoms with E-state index in [0.29, 0.717) is 5.52 Å². The van der Waals surface area contributed by atoms with E-state index in [1.54, 1.807) is 24.4 Å². The predicted octanol–water partition coefficient (Wildman–Crippen LogP) is 8.27. The van der Waals surface area contributed by atoms with E-state index >= 15 is 0 Å². The average Bonchev–Trinajstić information content (AvgIpc) is 3.14. The van der Waals surface area contributed by atoms with Gasteiger partial charge in [-0.05, 0) is 90.0 Å². The Balaban J connectivity index is 0.000000300. The highest BCUT2D eigenvalue weighted by Gasteiger charge is 2.49. The fourth-order valence-electron chi connectivity index (χ4n) is 4.55. The van der Waals surface area contributed by atoms with Gasteiger partial charge in [-0.3, -0.25) is 9.97 Å². The smallest absolute Gasteiger partial charge is 0.508 e. The first-order valence-electron chi connectivity index (χ1n) is 15.3. The molecular weight excluding hydrogens is 769 g/mol. The summed E-state index contributed by atoms with van der Waals surface area (Å²) in [5.41, 5.74) is -3.91. The van der Waals surface area contributed by atoms with E-state index in [1.807, 2.05) is 44.2 Å². The van der Waals surface area contributed by atoms with Gasteiger partial charge in [0.2, 0.25) is 0 Å². The fourth-order valence-corrected chi connectivity index (χ4v) is 5.47. The van der Waals surface area contributed by atoms with Crippen molar-refractivity contribution >= 4 is 42.0 Å². The molecule has 0 saturated heterocycles. The Hall–Kier alpha value is -5.66. The zero-order valence-corrected chi connectivity index (χ0v) is 29.9. The van der Waals surface area contributed by atoms with Crippen LogP contribution < -0.4 is 14.1 Å². The lowest BCUT2D eigenvalue weighted by Crippen LogP contribution is -2.28. The number of rotatable bonds is 6. The Morgan fingerprint density at radius 1 is 0.574 bits per heavy atom. The van der Waals surface area contributed by atoms with E-state index < -0.39 is 42.8 Å². The summed E-state index contributed by atoms with van der Waals surface area (Å²) in [4.78, 5) is 8.03. The van der Waals surface area contributed by atoms with E-state index in [0.717, 1.165) is 34.7 Å². The summed E-state index contributed by atoms with van der Waals surface area (Å²) >= 11 is 0. The molecule has 0 saturated carbocycles. The van der Waals surface area contributed by atoms with Crippen LogP contribution in [0.15, 0.2) is 109 Å². The molecule has 4 aromatic carbocycles. The topological polar surface area (TPSA) is 179 Å². The molecule has 6 rings (SSSR count). The number of alkyl halides is 6. The Bertz CT molecular complexity index is 2410. The minimum atomic E-state index is -5.96. The fraction of sp³-hybridized carbons (Fsp3) is 0.143. The van der Waals surface area contributed by atoms with Crippen molar-refractivity contribution in [1.82, 2.24) is 9.97 Å². The third-order valence-corrected chi connectivity index (χ3v) is 8.74. The van der Waals surface area contributed by atoms with Crippen molar-refractivity contribution in [3.63, 3.8) is 0 Å². The number of phenols is 2. The molecule has 0 aliphatic rings. The zero-order chi connectivity index (χ0) is 40.5. The number of halogens is 6. The molecule has 0 spiro atoms. The van der Waals surface area contributed by atoms with Crippen LogP contribution in [0.1, 0.15) is 13.8 Å². The number of nitrogens with two attached hydrogens (primary N) is 1. The summed E-state index contributed by atoms with van der Waals surface area (Å²) in [6.45, 7) is 4.00. The van der Waals surface area contributed by atoms with Crippen LogP contribution in [0.3, 0.4) is 0 Å². The normalized spacial score (nSPS) is 11.6. The Labute approximate surface area is 305 Å². The highest BCUT2D eigenvalue weighted by Crippen LogP contribution is 2.37. The van der Waals surface area contributed by atoms with Crippen molar-refractivity contribution in [2.24, 2.45) is 5.73 Å². The van der Waals surface area contributed by atoms with E-state index in [2.05, 4.69) is 24.1 Å². The summed E-state index contributed by atoms with van der Waals surface area (Å²) in [5, 5.41) is 20.1. The molecule has 0 fully saturated rings. The third-order valence-electron chi connectivity index (χ3n) is 6.80. The first-order valence-corrected chi connectivity index (χ1v) is 18.1. The monoisotopic (exact) mass is 799 g/mol. The van der Waals surface area contributed by atoms with Gasteiger partial charge >= 0.3 is 31.3 Å². The summed E-state index contributed by atoms with van der Waals surface area (Å²) in [7, 11) is -10.3. The highest BCUT2D eigenvalue weighted by atomic mass is 32.2. The van der Waals surface area contributed by atoms with Crippen LogP contribution in [0.4, 0.5) is 26.3 Å². The molecule has 0 atom stereocenters. The molecule has 11 nitrogen and oxygen atoms in total. The molecular formula is C35H31F6N3O8S2. The van der Waals surface area contributed by atoms with Crippen LogP contribution in [0, 0.1) is 0 Å². The molecule has 19 heteroatoms. The summed E-state index contributed by atoms with van der Waals surface area (Å²) in [6.07, 6.45) is 2.83. The number of hydrogen-bond acceptors (Lipinski definition) is 11. The van der Waals surface area contributed by atoms with Gasteiger partial charge in [0.15, 0.2) is 5.75 Å². The highest BCUT2D eigenvalue weighted by molar-refractivity contribution is 7.88. The summed E-state index contributed by atoms with van der Waals surface area (Å²) in [5.74, 6) is -0.921. The number of hydrogen-bond donors (Lipinski definition) is 3. The van der Waals surface area contributed by atoms with Gasteiger partial charge in [0.1, 0.15) is 28.3 Å². The van der Waals surface area contributed by atoms with Crippen molar-refractivity contribution in [2.45, 2.75) is 24.9 Å². The molecule has 0 aliphatic heterocycles. The van der Waals surface area contributed by atoms with Crippen molar-refractivity contribution in [3.05, 3.63) is 109 Å². The molecule has 0 unspecified atom stereocenters. The van der Waals surface area contributed by atoms with E-state index in [4.69, 9.17) is 0 Å². The summed E-state index contributed by atoms with van der Waals surface area (Å²) < 4.78 is 128. The maximum atomic E-state index is 12.6. The Morgan fingerprint density at radius 2 is 1.00 bits per heavy atom. The first kappa shape index (κ1) is 42.8. The van der Waals surface area contributed by atoms with Crippen molar-refractivity contribution in [2.75, 3.05) is 7.05 Å². The lowest BCUT2D eigenvalue weighted by atomic mass is 10.0. The van der Waals surface area contributed by atoms with Crippen LogP contribution in [0.5, 0.6) is 23.0 Å². The van der Waals surface area contributed by atoms with Crippen LogP contribution in [-0.2, 0) is 20.2 Å². The van der Waals surface area contributed by atoms with Crippen molar-refractivity contribution in [1.29, 1.82) is 0 Å². The molecule has 2 aromatic heterocycles. The number of aromatic hydroxyl groups is 2. The quantitative estimate of drug-likeness (QED) is 0.0839. The molecule has 0 radical (unpaired) electrons. The van der Waals surface area contributed by atoms with Gasteiger partial charge in [0, 0.05) is 23.2 Å². The van der Waals surface area contributed by atoms with Crippen molar-refractivity contribution in [3.8, 4) is 45.3 Å². The van der Waals surface area contributed by atoms with Crippen molar-refractivity contribution < 1.29 is 61.8 Å². The van der Waals surface area contributed by atoms with Gasteiger partial charge in [-0.2, -0.15) is 43.2 Å². The minimum Gasteiger partial charge on any atom is -0.508 e. The van der Waals surface area contributed by atoms with Crippen LogP contribution in [-0.4, -0.2) is 55.1 Å². The third kappa shape index (κ3) is 9.85. The lowest BCUT2D eigenvalue weighted by molar-refractivity contribution is -0.0504. The molecule has 288 valence electrons. The van der Waals surface area contributed by atoms with Crippen LogP contribution in [0.2, 0.25) is 0 Å². The molecule has 6 aromatic rings. The zero-order valence-electron chi connectivity index (χ0n) is 28.3. The number of pyridine rings is 2. The van der Waals surface area contributed by atoms with E-state index in [9.17, 15) is 53.4 Å². The van der Waals surface area contributed by atoms with Crippen LogP contribution in [0.25, 0.3) is 44.1 Å². The molecule has 4 N–H and O–H groups in total. The number of fused-ring (bicyclic) bond motifs is 2. The van der Waals surface area contributed by atoms with Gasteiger partial charge in [-0.15, -0.1) is 0 Å². The number of nitrogens with zero attached hydrogens (tertiary/aromatic N) is 2.